The summed E-state index contributed by atoms with van der Waals surface area (Å²) >= 11 is 0. The highest BCUT2D eigenvalue weighted by Gasteiger charge is 2.19. The molecule has 64 heavy (non-hydrogen) atoms. The van der Waals surface area contributed by atoms with Gasteiger partial charge < -0.3 is 14.2 Å². The van der Waals surface area contributed by atoms with Crippen molar-refractivity contribution in [3.8, 4) is 0 Å². The number of ether oxygens (including phenoxy) is 3. The highest BCUT2D eigenvalue weighted by molar-refractivity contribution is 5.71. The van der Waals surface area contributed by atoms with Crippen LogP contribution in [0.5, 0.6) is 0 Å². The molecule has 0 heterocycles. The number of carbonyl (C=O) groups is 3. The Hall–Kier alpha value is -3.41. The summed E-state index contributed by atoms with van der Waals surface area (Å²) < 4.78 is 16.7. The molecule has 1 atom stereocenters. The summed E-state index contributed by atoms with van der Waals surface area (Å²) in [6, 6.07) is 0. The van der Waals surface area contributed by atoms with Crippen molar-refractivity contribution in [3.05, 3.63) is 85.1 Å². The van der Waals surface area contributed by atoms with Crippen LogP contribution < -0.4 is 0 Å². The quantitative estimate of drug-likeness (QED) is 0.0262. The van der Waals surface area contributed by atoms with E-state index in [1.54, 1.807) is 0 Å². The third kappa shape index (κ3) is 49.6. The van der Waals surface area contributed by atoms with E-state index in [1.807, 2.05) is 6.08 Å². The van der Waals surface area contributed by atoms with E-state index in [-0.39, 0.29) is 37.5 Å². The maximum atomic E-state index is 12.8. The molecule has 0 saturated heterocycles. The zero-order chi connectivity index (χ0) is 46.5. The Kier molecular flexibility index (Phi) is 49.4. The minimum Gasteiger partial charge on any atom is -0.462 e. The van der Waals surface area contributed by atoms with E-state index in [9.17, 15) is 14.4 Å². The fraction of sp³-hybridized carbons (Fsp3) is 0.707. The van der Waals surface area contributed by atoms with Gasteiger partial charge in [0.2, 0.25) is 0 Å². The lowest BCUT2D eigenvalue weighted by atomic mass is 10.0. The molecule has 0 aromatic carbocycles. The molecule has 0 amide bonds. The first-order chi connectivity index (χ1) is 31.5. The van der Waals surface area contributed by atoms with Crippen LogP contribution in [0.3, 0.4) is 0 Å². The van der Waals surface area contributed by atoms with E-state index < -0.39 is 6.10 Å². The highest BCUT2D eigenvalue weighted by atomic mass is 16.6. The van der Waals surface area contributed by atoms with Gasteiger partial charge in [0.25, 0.3) is 0 Å². The minimum absolute atomic E-state index is 0.101. The fourth-order valence-electron chi connectivity index (χ4n) is 7.17. The van der Waals surface area contributed by atoms with Gasteiger partial charge in [-0.15, -0.1) is 0 Å². The molecule has 0 fully saturated rings. The lowest BCUT2D eigenvalue weighted by molar-refractivity contribution is -0.166. The van der Waals surface area contributed by atoms with Crippen molar-refractivity contribution in [2.45, 2.75) is 252 Å². The third-order valence-electron chi connectivity index (χ3n) is 11.1. The Morgan fingerprint density at radius 1 is 0.328 bits per heavy atom. The molecule has 0 bridgehead atoms. The Labute approximate surface area is 395 Å². The van der Waals surface area contributed by atoms with Gasteiger partial charge in [0, 0.05) is 19.3 Å². The normalized spacial score (nSPS) is 12.7. The van der Waals surface area contributed by atoms with Crippen molar-refractivity contribution >= 4 is 17.9 Å². The minimum atomic E-state index is -0.809. The van der Waals surface area contributed by atoms with Crippen LogP contribution in [0, 0.1) is 0 Å². The fourth-order valence-corrected chi connectivity index (χ4v) is 7.17. The van der Waals surface area contributed by atoms with Crippen LogP contribution >= 0.6 is 0 Å². The van der Waals surface area contributed by atoms with Gasteiger partial charge in [-0.05, 0) is 83.5 Å². The zero-order valence-electron chi connectivity index (χ0n) is 41.8. The molecule has 0 N–H and O–H groups in total. The second kappa shape index (κ2) is 52.2. The Bertz CT molecular complexity index is 1250. The summed E-state index contributed by atoms with van der Waals surface area (Å²) in [5.74, 6) is -0.996. The Balaban J connectivity index is 4.50. The molecule has 0 aliphatic heterocycles. The van der Waals surface area contributed by atoms with E-state index in [1.165, 1.54) is 109 Å². The van der Waals surface area contributed by atoms with Crippen molar-refractivity contribution in [2.75, 3.05) is 13.2 Å². The maximum absolute atomic E-state index is 12.8. The molecule has 366 valence electrons. The number of rotatable bonds is 47. The van der Waals surface area contributed by atoms with E-state index in [4.69, 9.17) is 14.2 Å². The predicted molar refractivity (Wildman–Crippen MR) is 274 cm³/mol. The Morgan fingerprint density at radius 2 is 0.641 bits per heavy atom. The van der Waals surface area contributed by atoms with Crippen molar-refractivity contribution in [1.82, 2.24) is 0 Å². The van der Waals surface area contributed by atoms with E-state index in [0.717, 1.165) is 89.9 Å². The lowest BCUT2D eigenvalue weighted by Gasteiger charge is -2.18. The van der Waals surface area contributed by atoms with Crippen LogP contribution in [0.25, 0.3) is 0 Å². The van der Waals surface area contributed by atoms with Crippen molar-refractivity contribution in [3.63, 3.8) is 0 Å². The lowest BCUT2D eigenvalue weighted by Crippen LogP contribution is -2.30. The predicted octanol–water partition coefficient (Wildman–Crippen LogP) is 17.6. The van der Waals surface area contributed by atoms with Crippen LogP contribution in [0.2, 0.25) is 0 Å². The second-order valence-corrected chi connectivity index (χ2v) is 17.4. The number of carbonyl (C=O) groups excluding carboxylic acids is 3. The summed E-state index contributed by atoms with van der Waals surface area (Å²) in [7, 11) is 0. The molecule has 0 aromatic heterocycles. The standard InChI is InChI=1S/C58H98O6/c1-4-7-10-13-16-19-22-25-27-28-29-30-31-34-36-39-42-45-48-51-57(60)63-54-55(53-62-56(59)50-47-44-41-38-35-32-24-21-18-15-12-9-6-3)64-58(61)52-49-46-43-40-37-33-26-23-20-17-14-11-8-5-2/h7,10,16,19,23,25-27,29-30,34,36,42,45,55H,4-6,8-9,11-15,17-18,20-22,24,28,31-33,35,37-41,43-44,46-54H2,1-3H3/b10-7+,19-16+,26-23+,27-25+,30-29+,36-34+,45-42+/t55-/m1/s1. The van der Waals surface area contributed by atoms with Gasteiger partial charge >= 0.3 is 17.9 Å². The molecule has 0 aromatic rings. The second-order valence-electron chi connectivity index (χ2n) is 17.4. The molecular weight excluding hydrogens is 793 g/mol. The topological polar surface area (TPSA) is 78.9 Å². The van der Waals surface area contributed by atoms with E-state index in [0.29, 0.717) is 19.3 Å². The Morgan fingerprint density at radius 3 is 1.05 bits per heavy atom. The van der Waals surface area contributed by atoms with Gasteiger partial charge in [0.1, 0.15) is 13.2 Å². The molecule has 6 heteroatoms. The molecule has 0 saturated carbocycles. The molecule has 6 nitrogen and oxygen atoms in total. The van der Waals surface area contributed by atoms with Gasteiger partial charge in [-0.1, -0.05) is 228 Å². The first-order valence-electron chi connectivity index (χ1n) is 26.6. The molecule has 0 rings (SSSR count). The molecular formula is C58H98O6. The first-order valence-corrected chi connectivity index (χ1v) is 26.6. The number of esters is 3. The molecule has 0 aliphatic carbocycles. The molecule has 0 spiro atoms. The summed E-state index contributed by atoms with van der Waals surface area (Å²) in [5.41, 5.74) is 0. The SMILES string of the molecule is CC/C=C/C/C=C/C/C=C/C/C=C/C/C=C/C/C=C/CCC(=O)OC[C@@H](COC(=O)CCCCCCCCCCCCCCC)OC(=O)CCCCCCC/C=C/CCCCCCC. The number of hydrogen-bond acceptors (Lipinski definition) is 6. The highest BCUT2D eigenvalue weighted by Crippen LogP contribution is 2.14. The van der Waals surface area contributed by atoms with Crippen molar-refractivity contribution < 1.29 is 28.6 Å². The number of allylic oxidation sites excluding steroid dienone is 14. The van der Waals surface area contributed by atoms with E-state index >= 15 is 0 Å². The first kappa shape index (κ1) is 60.6. The third-order valence-corrected chi connectivity index (χ3v) is 11.1. The van der Waals surface area contributed by atoms with Crippen LogP contribution in [0.15, 0.2) is 85.1 Å². The van der Waals surface area contributed by atoms with Crippen molar-refractivity contribution in [1.29, 1.82) is 0 Å². The summed E-state index contributed by atoms with van der Waals surface area (Å²) in [6.45, 7) is 6.44. The van der Waals surface area contributed by atoms with Gasteiger partial charge in [0.15, 0.2) is 6.10 Å². The number of hydrogen-bond donors (Lipinski definition) is 0. The summed E-state index contributed by atoms with van der Waals surface area (Å²) in [5, 5.41) is 0. The average Bonchev–Trinajstić information content (AvgIpc) is 3.29. The molecule has 0 aliphatic rings. The summed E-state index contributed by atoms with van der Waals surface area (Å²) in [4.78, 5) is 38.0. The van der Waals surface area contributed by atoms with Gasteiger partial charge in [0.05, 0.1) is 0 Å². The largest absolute Gasteiger partial charge is 0.462 e. The average molecular weight is 891 g/mol. The molecule has 0 unspecified atom stereocenters. The summed E-state index contributed by atoms with van der Waals surface area (Å²) in [6.07, 6.45) is 67.2. The maximum Gasteiger partial charge on any atom is 0.306 e. The smallest absolute Gasteiger partial charge is 0.306 e. The van der Waals surface area contributed by atoms with E-state index in [2.05, 4.69) is 99.8 Å². The van der Waals surface area contributed by atoms with Gasteiger partial charge in [-0.3, -0.25) is 14.4 Å². The molecule has 0 radical (unpaired) electrons. The van der Waals surface area contributed by atoms with Crippen LogP contribution in [0.4, 0.5) is 0 Å². The van der Waals surface area contributed by atoms with Crippen LogP contribution in [-0.2, 0) is 28.6 Å². The monoisotopic (exact) mass is 891 g/mol. The van der Waals surface area contributed by atoms with Gasteiger partial charge in [-0.2, -0.15) is 0 Å². The van der Waals surface area contributed by atoms with Crippen molar-refractivity contribution in [2.24, 2.45) is 0 Å². The van der Waals surface area contributed by atoms with Crippen LogP contribution in [0.1, 0.15) is 245 Å². The zero-order valence-corrected chi connectivity index (χ0v) is 41.8. The van der Waals surface area contributed by atoms with Gasteiger partial charge in [-0.25, -0.2) is 0 Å². The van der Waals surface area contributed by atoms with Crippen LogP contribution in [-0.4, -0.2) is 37.2 Å². The number of unbranched alkanes of at least 4 members (excludes halogenated alkanes) is 22.